The van der Waals surface area contributed by atoms with Gasteiger partial charge >= 0.3 is 0 Å². The lowest BCUT2D eigenvalue weighted by Gasteiger charge is -2.07. The van der Waals surface area contributed by atoms with Gasteiger partial charge in [0.2, 0.25) is 6.43 Å². The van der Waals surface area contributed by atoms with Crippen molar-refractivity contribution in [3.8, 4) is 0 Å². The molecule has 0 heterocycles. The van der Waals surface area contributed by atoms with Crippen LogP contribution in [0.15, 0.2) is 47.1 Å². The highest BCUT2D eigenvalue weighted by molar-refractivity contribution is 5.96. The number of alkyl halides is 2. The molecule has 0 atom stereocenters. The Hall–Kier alpha value is -2.11. The van der Waals surface area contributed by atoms with Gasteiger partial charge in [-0.3, -0.25) is 4.99 Å². The lowest BCUT2D eigenvalue weighted by molar-refractivity contribution is 0.157. The topological polar surface area (TPSA) is 38.4 Å². The molecule has 0 aromatic heterocycles. The predicted molar refractivity (Wildman–Crippen MR) is 84.4 cm³/mol. The first-order valence-corrected chi connectivity index (χ1v) is 7.24. The maximum atomic E-state index is 13.6. The molecule has 1 rings (SSSR count). The Labute approximate surface area is 133 Å². The molecular formula is C17H20F4N2. The summed E-state index contributed by atoms with van der Waals surface area (Å²) in [6.45, 7) is 5.48. The quantitative estimate of drug-likeness (QED) is 0.417. The van der Waals surface area contributed by atoms with E-state index in [1.165, 1.54) is 18.2 Å². The molecule has 0 amide bonds. The first-order valence-electron chi connectivity index (χ1n) is 7.24. The molecule has 0 spiro atoms. The normalized spacial score (nSPS) is 12.8. The van der Waals surface area contributed by atoms with Gasteiger partial charge in [0.25, 0.3) is 0 Å². The van der Waals surface area contributed by atoms with Gasteiger partial charge in [0.05, 0.1) is 13.0 Å². The zero-order valence-corrected chi connectivity index (χ0v) is 13.0. The maximum absolute atomic E-state index is 13.6. The van der Waals surface area contributed by atoms with E-state index in [1.54, 1.807) is 0 Å². The van der Waals surface area contributed by atoms with Crippen molar-refractivity contribution < 1.29 is 17.6 Å². The molecule has 23 heavy (non-hydrogen) atoms. The molecule has 1 aromatic rings. The molecule has 2 nitrogen and oxygen atoms in total. The Balaban J connectivity index is 2.99. The third-order valence-corrected chi connectivity index (χ3v) is 3.13. The van der Waals surface area contributed by atoms with Crippen LogP contribution < -0.4 is 5.73 Å². The molecule has 0 aliphatic heterocycles. The Bertz CT molecular complexity index is 607. The number of aliphatic imine (C=N–C) groups is 1. The Morgan fingerprint density at radius 1 is 1.35 bits per heavy atom. The van der Waals surface area contributed by atoms with Crippen LogP contribution in [0.25, 0.3) is 0 Å². The second-order valence-electron chi connectivity index (χ2n) is 5.07. The summed E-state index contributed by atoms with van der Waals surface area (Å²) in [5.74, 6) is -2.03. The molecular weight excluding hydrogens is 308 g/mol. The number of benzene rings is 1. The second-order valence-corrected chi connectivity index (χ2v) is 5.07. The summed E-state index contributed by atoms with van der Waals surface area (Å²) in [4.78, 5) is 3.95. The predicted octanol–water partition coefficient (Wildman–Crippen LogP) is 4.76. The summed E-state index contributed by atoms with van der Waals surface area (Å²) in [5.41, 5.74) is 6.73. The fourth-order valence-electron chi connectivity index (χ4n) is 1.91. The van der Waals surface area contributed by atoms with Crippen LogP contribution in [0.2, 0.25) is 0 Å². The van der Waals surface area contributed by atoms with Gasteiger partial charge in [0, 0.05) is 17.0 Å². The molecule has 126 valence electrons. The molecule has 0 saturated carbocycles. The number of halogens is 4. The minimum Gasteiger partial charge on any atom is -0.398 e. The standard InChI is InChI=1S/C17H20F4N2/c1-3-5-11(2)15(22)8-13(9-16(19)20)23-10-12-6-4-7-14(18)17(12)21/h4,6-8,16H,2-3,5,9-10,22H2,1H3. The Morgan fingerprint density at radius 3 is 2.65 bits per heavy atom. The third-order valence-electron chi connectivity index (χ3n) is 3.13. The SMILES string of the molecule is C=C(CCC)C(N)=CC(CC(F)F)=NCc1cccc(F)c1F. The summed E-state index contributed by atoms with van der Waals surface area (Å²) >= 11 is 0. The highest BCUT2D eigenvalue weighted by Crippen LogP contribution is 2.15. The van der Waals surface area contributed by atoms with Gasteiger partial charge in [0.1, 0.15) is 0 Å². The summed E-state index contributed by atoms with van der Waals surface area (Å²) in [6, 6.07) is 3.67. The zero-order chi connectivity index (χ0) is 17.4. The van der Waals surface area contributed by atoms with Crippen LogP contribution in [0.3, 0.4) is 0 Å². The number of hydrogen-bond acceptors (Lipinski definition) is 2. The fourth-order valence-corrected chi connectivity index (χ4v) is 1.91. The van der Waals surface area contributed by atoms with Crippen LogP contribution in [0, 0.1) is 11.6 Å². The molecule has 0 radical (unpaired) electrons. The highest BCUT2D eigenvalue weighted by Gasteiger charge is 2.11. The molecule has 0 aliphatic rings. The number of nitrogens with two attached hydrogens (primary N) is 1. The molecule has 0 fully saturated rings. The molecule has 0 bridgehead atoms. The smallest absolute Gasteiger partial charge is 0.244 e. The van der Waals surface area contributed by atoms with Crippen molar-refractivity contribution in [2.45, 2.75) is 39.2 Å². The van der Waals surface area contributed by atoms with E-state index in [0.717, 1.165) is 12.5 Å². The average Bonchev–Trinajstić information content (AvgIpc) is 2.48. The van der Waals surface area contributed by atoms with Crippen molar-refractivity contribution in [3.05, 3.63) is 59.3 Å². The van der Waals surface area contributed by atoms with Gasteiger partial charge in [-0.05, 0) is 24.1 Å². The number of rotatable bonds is 8. The van der Waals surface area contributed by atoms with Gasteiger partial charge in [-0.15, -0.1) is 0 Å². The van der Waals surface area contributed by atoms with E-state index < -0.39 is 24.5 Å². The van der Waals surface area contributed by atoms with E-state index in [2.05, 4.69) is 11.6 Å². The largest absolute Gasteiger partial charge is 0.398 e. The lowest BCUT2D eigenvalue weighted by Crippen LogP contribution is -2.09. The maximum Gasteiger partial charge on any atom is 0.244 e. The van der Waals surface area contributed by atoms with Gasteiger partial charge < -0.3 is 5.73 Å². The van der Waals surface area contributed by atoms with Crippen LogP contribution in [-0.2, 0) is 6.54 Å². The molecule has 2 N–H and O–H groups in total. The van der Waals surface area contributed by atoms with Crippen molar-refractivity contribution in [1.82, 2.24) is 0 Å². The first kappa shape index (κ1) is 18.9. The minimum absolute atomic E-state index is 0.00359. The summed E-state index contributed by atoms with van der Waals surface area (Å²) < 4.78 is 52.0. The van der Waals surface area contributed by atoms with E-state index in [9.17, 15) is 17.6 Å². The van der Waals surface area contributed by atoms with E-state index >= 15 is 0 Å². The van der Waals surface area contributed by atoms with Gasteiger partial charge in [-0.1, -0.05) is 32.1 Å². The fraction of sp³-hybridized carbons (Fsp3) is 0.353. The van der Waals surface area contributed by atoms with E-state index in [0.29, 0.717) is 12.0 Å². The minimum atomic E-state index is -2.62. The van der Waals surface area contributed by atoms with Crippen molar-refractivity contribution in [2.75, 3.05) is 0 Å². The van der Waals surface area contributed by atoms with Crippen molar-refractivity contribution >= 4 is 5.71 Å². The molecule has 0 saturated heterocycles. The molecule has 6 heteroatoms. The summed E-state index contributed by atoms with van der Waals surface area (Å²) in [7, 11) is 0. The first-order chi connectivity index (χ1) is 10.8. The van der Waals surface area contributed by atoms with Crippen molar-refractivity contribution in [1.29, 1.82) is 0 Å². The number of allylic oxidation sites excluding steroid dienone is 2. The monoisotopic (exact) mass is 328 g/mol. The Morgan fingerprint density at radius 2 is 2.04 bits per heavy atom. The van der Waals surface area contributed by atoms with Gasteiger partial charge in [-0.2, -0.15) is 0 Å². The summed E-state index contributed by atoms with van der Waals surface area (Å²) in [5, 5.41) is 0. The second kappa shape index (κ2) is 9.12. The van der Waals surface area contributed by atoms with E-state index in [1.807, 2.05) is 6.92 Å². The zero-order valence-electron chi connectivity index (χ0n) is 13.0. The average molecular weight is 328 g/mol. The van der Waals surface area contributed by atoms with Crippen LogP contribution in [0.5, 0.6) is 0 Å². The highest BCUT2D eigenvalue weighted by atomic mass is 19.3. The van der Waals surface area contributed by atoms with E-state index in [4.69, 9.17) is 5.73 Å². The number of hydrogen-bond donors (Lipinski definition) is 1. The van der Waals surface area contributed by atoms with Crippen LogP contribution in [0.1, 0.15) is 31.7 Å². The lowest BCUT2D eigenvalue weighted by atomic mass is 10.1. The van der Waals surface area contributed by atoms with Crippen LogP contribution in [0.4, 0.5) is 17.6 Å². The van der Waals surface area contributed by atoms with Crippen LogP contribution in [-0.4, -0.2) is 12.1 Å². The van der Waals surface area contributed by atoms with Gasteiger partial charge in [0.15, 0.2) is 11.6 Å². The van der Waals surface area contributed by atoms with Crippen LogP contribution >= 0.6 is 0 Å². The van der Waals surface area contributed by atoms with Crippen molar-refractivity contribution in [3.63, 3.8) is 0 Å². The molecule has 1 aromatic carbocycles. The third kappa shape index (κ3) is 6.26. The van der Waals surface area contributed by atoms with E-state index in [-0.39, 0.29) is 23.5 Å². The molecule has 0 unspecified atom stereocenters. The summed E-state index contributed by atoms with van der Waals surface area (Å²) in [6.07, 6.45) is -0.445. The van der Waals surface area contributed by atoms with Crippen molar-refractivity contribution in [2.24, 2.45) is 10.7 Å². The Kier molecular flexibility index (Phi) is 7.51. The molecule has 0 aliphatic carbocycles. The van der Waals surface area contributed by atoms with Gasteiger partial charge in [-0.25, -0.2) is 17.6 Å². The number of nitrogens with zero attached hydrogens (tertiary/aromatic N) is 1.